The molecule has 0 unspecified atom stereocenters. The smallest absolute Gasteiger partial charge is 0.226 e. The second kappa shape index (κ2) is 5.45. The Hall–Kier alpha value is -1.62. The largest absolute Gasteiger partial charge is 0.355 e. The fourth-order valence-electron chi connectivity index (χ4n) is 5.68. The summed E-state index contributed by atoms with van der Waals surface area (Å²) in [6, 6.07) is 5.95. The van der Waals surface area contributed by atoms with Crippen LogP contribution in [0.4, 0.5) is 0 Å². The van der Waals surface area contributed by atoms with Crippen molar-refractivity contribution in [2.45, 2.75) is 45.1 Å². The van der Waals surface area contributed by atoms with Gasteiger partial charge in [-0.05, 0) is 67.7 Å². The normalized spacial score (nSPS) is 33.8. The van der Waals surface area contributed by atoms with Gasteiger partial charge in [0.15, 0.2) is 5.76 Å². The van der Waals surface area contributed by atoms with Crippen molar-refractivity contribution in [1.29, 1.82) is 0 Å². The van der Waals surface area contributed by atoms with E-state index in [1.165, 1.54) is 19.3 Å². The maximum Gasteiger partial charge on any atom is 0.226 e. The molecular weight excluding hydrogens is 320 g/mol. The molecule has 6 rings (SSSR count). The fraction of sp³-hybridized carbons (Fsp3) is 0.579. The first-order chi connectivity index (χ1) is 11.7. The molecular formula is C19H22N2O2S. The molecule has 0 saturated heterocycles. The molecule has 24 heavy (non-hydrogen) atoms. The minimum absolute atomic E-state index is 0.0882. The van der Waals surface area contributed by atoms with Gasteiger partial charge < -0.3 is 9.84 Å². The van der Waals surface area contributed by atoms with Crippen LogP contribution in [0.1, 0.15) is 44.2 Å². The van der Waals surface area contributed by atoms with Crippen molar-refractivity contribution in [2.24, 2.45) is 23.2 Å². The lowest BCUT2D eigenvalue weighted by atomic mass is 9.49. The quantitative estimate of drug-likeness (QED) is 0.904. The van der Waals surface area contributed by atoms with E-state index < -0.39 is 0 Å². The second-order valence-electron chi connectivity index (χ2n) is 8.04. The van der Waals surface area contributed by atoms with Gasteiger partial charge in [0.25, 0.3) is 0 Å². The number of hydrogen-bond donors (Lipinski definition) is 1. The van der Waals surface area contributed by atoms with Gasteiger partial charge >= 0.3 is 0 Å². The third-order valence-corrected chi connectivity index (χ3v) is 7.16. The minimum Gasteiger partial charge on any atom is -0.355 e. The highest BCUT2D eigenvalue weighted by molar-refractivity contribution is 7.13. The molecule has 4 aliphatic rings. The third kappa shape index (κ3) is 2.41. The van der Waals surface area contributed by atoms with Gasteiger partial charge in [0.1, 0.15) is 5.69 Å². The van der Waals surface area contributed by atoms with Gasteiger partial charge in [-0.25, -0.2) is 0 Å². The van der Waals surface area contributed by atoms with Crippen LogP contribution in [-0.2, 0) is 11.3 Å². The monoisotopic (exact) mass is 342 g/mol. The molecule has 4 nitrogen and oxygen atoms in total. The van der Waals surface area contributed by atoms with Crippen LogP contribution in [0.2, 0.25) is 0 Å². The number of carbonyl (C=O) groups excluding carboxylic acids is 1. The molecule has 2 heterocycles. The Kier molecular flexibility index (Phi) is 3.34. The highest BCUT2D eigenvalue weighted by atomic mass is 32.1. The van der Waals surface area contributed by atoms with E-state index in [4.69, 9.17) is 4.52 Å². The summed E-state index contributed by atoms with van der Waals surface area (Å²) in [4.78, 5) is 14.0. The highest BCUT2D eigenvalue weighted by Gasteiger charge is 2.54. The van der Waals surface area contributed by atoms with E-state index in [-0.39, 0.29) is 11.3 Å². The Morgan fingerprint density at radius 3 is 2.58 bits per heavy atom. The van der Waals surface area contributed by atoms with Crippen LogP contribution in [0.25, 0.3) is 10.6 Å². The van der Waals surface area contributed by atoms with Gasteiger partial charge in [0.05, 0.1) is 11.4 Å². The third-order valence-electron chi connectivity index (χ3n) is 6.27. The van der Waals surface area contributed by atoms with Gasteiger partial charge in [0, 0.05) is 11.5 Å². The van der Waals surface area contributed by atoms with Gasteiger partial charge in [-0.3, -0.25) is 4.79 Å². The van der Waals surface area contributed by atoms with E-state index in [1.54, 1.807) is 11.3 Å². The topological polar surface area (TPSA) is 55.1 Å². The molecule has 0 aliphatic heterocycles. The standard InChI is InChI=1S/C19H22N2O2S/c22-18(19-8-12-4-13(9-19)6-14(5-12)10-19)20-11-15-7-16(23-21-15)17-2-1-3-24-17/h1-3,7,12-14H,4-6,8-11H2,(H,20,22). The molecule has 5 heteroatoms. The number of aromatic nitrogens is 1. The van der Waals surface area contributed by atoms with Crippen LogP contribution in [0.3, 0.4) is 0 Å². The summed E-state index contributed by atoms with van der Waals surface area (Å²) in [6.45, 7) is 0.468. The van der Waals surface area contributed by atoms with Crippen molar-refractivity contribution in [2.75, 3.05) is 0 Å². The predicted molar refractivity (Wildman–Crippen MR) is 92.3 cm³/mol. The van der Waals surface area contributed by atoms with Crippen molar-refractivity contribution in [3.63, 3.8) is 0 Å². The lowest BCUT2D eigenvalue weighted by Crippen LogP contribution is -2.53. The Balaban J connectivity index is 1.26. The summed E-state index contributed by atoms with van der Waals surface area (Å²) in [5, 5.41) is 9.28. The number of rotatable bonds is 4. The summed E-state index contributed by atoms with van der Waals surface area (Å²) in [6.07, 6.45) is 7.39. The number of carbonyl (C=O) groups is 1. The first-order valence-electron chi connectivity index (χ1n) is 8.98. The number of amides is 1. The SMILES string of the molecule is O=C(NCc1cc(-c2cccs2)on1)C12CC3CC(CC(C3)C1)C2. The number of thiophene rings is 1. The zero-order chi connectivity index (χ0) is 16.1. The summed E-state index contributed by atoms with van der Waals surface area (Å²) in [5.74, 6) is 3.41. The molecule has 0 aromatic carbocycles. The molecule has 1 amide bonds. The maximum absolute atomic E-state index is 12.9. The van der Waals surface area contributed by atoms with Crippen LogP contribution in [0.15, 0.2) is 28.1 Å². The lowest BCUT2D eigenvalue weighted by molar-refractivity contribution is -0.146. The minimum atomic E-state index is -0.0882. The zero-order valence-electron chi connectivity index (χ0n) is 13.7. The second-order valence-corrected chi connectivity index (χ2v) is 8.99. The molecule has 4 aliphatic carbocycles. The first-order valence-corrected chi connectivity index (χ1v) is 9.86. The Morgan fingerprint density at radius 2 is 1.96 bits per heavy atom. The van der Waals surface area contributed by atoms with Crippen LogP contribution < -0.4 is 5.32 Å². The molecule has 4 bridgehead atoms. The van der Waals surface area contributed by atoms with Crippen LogP contribution in [-0.4, -0.2) is 11.1 Å². The average molecular weight is 342 g/mol. The van der Waals surface area contributed by atoms with E-state index >= 15 is 0 Å². The molecule has 0 spiro atoms. The molecule has 4 saturated carbocycles. The fourth-order valence-corrected chi connectivity index (χ4v) is 6.35. The summed E-state index contributed by atoms with van der Waals surface area (Å²) >= 11 is 1.63. The molecule has 1 N–H and O–H groups in total. The van der Waals surface area contributed by atoms with Gasteiger partial charge in [-0.1, -0.05) is 11.2 Å². The predicted octanol–water partition coefficient (Wildman–Crippen LogP) is 4.24. The van der Waals surface area contributed by atoms with E-state index in [1.807, 2.05) is 23.6 Å². The van der Waals surface area contributed by atoms with Crippen molar-refractivity contribution in [3.8, 4) is 10.6 Å². The molecule has 2 aromatic heterocycles. The Bertz CT molecular complexity index is 714. The lowest BCUT2D eigenvalue weighted by Gasteiger charge is -2.55. The zero-order valence-corrected chi connectivity index (χ0v) is 14.5. The highest BCUT2D eigenvalue weighted by Crippen LogP contribution is 2.60. The average Bonchev–Trinajstić information content (AvgIpc) is 3.22. The van der Waals surface area contributed by atoms with Gasteiger partial charge in [-0.15, -0.1) is 11.3 Å². The van der Waals surface area contributed by atoms with Crippen molar-refractivity contribution < 1.29 is 9.32 Å². The van der Waals surface area contributed by atoms with E-state index in [0.29, 0.717) is 6.54 Å². The number of nitrogens with one attached hydrogen (secondary N) is 1. The Labute approximate surface area is 145 Å². The van der Waals surface area contributed by atoms with E-state index in [9.17, 15) is 4.79 Å². The molecule has 126 valence electrons. The molecule has 0 radical (unpaired) electrons. The van der Waals surface area contributed by atoms with Crippen LogP contribution in [0.5, 0.6) is 0 Å². The molecule has 4 fully saturated rings. The van der Waals surface area contributed by atoms with Crippen molar-refractivity contribution >= 4 is 17.2 Å². The first kappa shape index (κ1) is 14.7. The van der Waals surface area contributed by atoms with Crippen molar-refractivity contribution in [3.05, 3.63) is 29.3 Å². The van der Waals surface area contributed by atoms with E-state index in [0.717, 1.165) is 53.3 Å². The number of hydrogen-bond acceptors (Lipinski definition) is 4. The molecule has 0 atom stereocenters. The Morgan fingerprint density at radius 1 is 1.25 bits per heavy atom. The van der Waals surface area contributed by atoms with Gasteiger partial charge in [-0.2, -0.15) is 0 Å². The molecule has 2 aromatic rings. The maximum atomic E-state index is 12.9. The van der Waals surface area contributed by atoms with Gasteiger partial charge in [0.2, 0.25) is 5.91 Å². The van der Waals surface area contributed by atoms with E-state index in [2.05, 4.69) is 10.5 Å². The summed E-state index contributed by atoms with van der Waals surface area (Å²) in [7, 11) is 0. The van der Waals surface area contributed by atoms with Crippen LogP contribution >= 0.6 is 11.3 Å². The summed E-state index contributed by atoms with van der Waals surface area (Å²) in [5.41, 5.74) is 0.714. The van der Waals surface area contributed by atoms with Crippen LogP contribution in [0, 0.1) is 23.2 Å². The van der Waals surface area contributed by atoms with Crippen molar-refractivity contribution in [1.82, 2.24) is 10.5 Å². The number of nitrogens with zero attached hydrogens (tertiary/aromatic N) is 1. The summed E-state index contributed by atoms with van der Waals surface area (Å²) < 4.78 is 5.40.